The second kappa shape index (κ2) is 17.0. The van der Waals surface area contributed by atoms with Gasteiger partial charge in [0.2, 0.25) is 17.7 Å². The van der Waals surface area contributed by atoms with Gasteiger partial charge in [-0.3, -0.25) is 19.4 Å². The van der Waals surface area contributed by atoms with Crippen LogP contribution in [0, 0.1) is 11.8 Å². The number of nitrogens with zero attached hydrogens (tertiary/aromatic N) is 1. The van der Waals surface area contributed by atoms with Crippen LogP contribution in [0.1, 0.15) is 58.9 Å². The molecule has 218 valence electrons. The standard InChI is InChI=1S/C27H45N7O5/c1-5-16(3)21(33-23(35)19(28)13-10-14-31-27(29)30)25(37)32-20(15-18-11-8-7-9-12-18)24(36)34-22(26(38)39)17(4)6-2/h7-9,11-12,16-17,19-22H,5-6,10,13-15,28H2,1-4H3,(H,32,37)(H,33,35)(H,34,36)(H,38,39)(H4,29,30,31). The van der Waals surface area contributed by atoms with E-state index in [1.54, 1.807) is 6.92 Å². The van der Waals surface area contributed by atoms with E-state index in [1.165, 1.54) is 0 Å². The van der Waals surface area contributed by atoms with E-state index < -0.39 is 47.9 Å². The Bertz CT molecular complexity index is 969. The molecule has 10 N–H and O–H groups in total. The molecule has 0 aromatic heterocycles. The number of aliphatic imine (C=N–C) groups is 1. The van der Waals surface area contributed by atoms with Crippen LogP contribution in [-0.4, -0.2) is 65.5 Å². The summed E-state index contributed by atoms with van der Waals surface area (Å²) in [6, 6.07) is 5.05. The smallest absolute Gasteiger partial charge is 0.326 e. The average Bonchev–Trinajstić information content (AvgIpc) is 2.91. The molecule has 0 fully saturated rings. The van der Waals surface area contributed by atoms with Crippen molar-refractivity contribution in [1.29, 1.82) is 0 Å². The van der Waals surface area contributed by atoms with Crippen LogP contribution in [0.4, 0.5) is 0 Å². The van der Waals surface area contributed by atoms with E-state index in [-0.39, 0.29) is 24.2 Å². The molecule has 0 heterocycles. The van der Waals surface area contributed by atoms with E-state index in [0.29, 0.717) is 32.2 Å². The van der Waals surface area contributed by atoms with Crippen molar-refractivity contribution < 1.29 is 24.3 Å². The van der Waals surface area contributed by atoms with Gasteiger partial charge in [-0.25, -0.2) is 4.79 Å². The summed E-state index contributed by atoms with van der Waals surface area (Å²) in [6.07, 6.45) is 2.04. The van der Waals surface area contributed by atoms with Crippen molar-refractivity contribution in [1.82, 2.24) is 16.0 Å². The van der Waals surface area contributed by atoms with Gasteiger partial charge in [0.25, 0.3) is 0 Å². The number of guanidine groups is 1. The fourth-order valence-corrected chi connectivity index (χ4v) is 3.87. The van der Waals surface area contributed by atoms with Crippen LogP contribution in [0.2, 0.25) is 0 Å². The molecule has 0 aliphatic rings. The van der Waals surface area contributed by atoms with Crippen molar-refractivity contribution in [2.24, 2.45) is 34.0 Å². The molecule has 39 heavy (non-hydrogen) atoms. The molecule has 0 aliphatic carbocycles. The van der Waals surface area contributed by atoms with Gasteiger partial charge < -0.3 is 38.3 Å². The topological polar surface area (TPSA) is 215 Å². The molecule has 0 bridgehead atoms. The Balaban J connectivity index is 3.08. The second-order valence-electron chi connectivity index (χ2n) is 9.89. The van der Waals surface area contributed by atoms with E-state index in [9.17, 15) is 24.3 Å². The lowest BCUT2D eigenvalue weighted by molar-refractivity contribution is -0.143. The molecule has 0 aliphatic heterocycles. The van der Waals surface area contributed by atoms with Gasteiger partial charge in [-0.2, -0.15) is 0 Å². The monoisotopic (exact) mass is 547 g/mol. The Labute approximate surface area is 230 Å². The van der Waals surface area contributed by atoms with Gasteiger partial charge in [0.15, 0.2) is 5.96 Å². The SMILES string of the molecule is CCC(C)C(NC(=O)C(Cc1ccccc1)NC(=O)C(NC(=O)C(N)CCCN=C(N)N)C(C)CC)C(=O)O. The molecular weight excluding hydrogens is 502 g/mol. The van der Waals surface area contributed by atoms with Gasteiger partial charge in [-0.05, 0) is 30.2 Å². The maximum atomic E-state index is 13.4. The Morgan fingerprint density at radius 3 is 1.97 bits per heavy atom. The average molecular weight is 548 g/mol. The van der Waals surface area contributed by atoms with Crippen LogP contribution in [-0.2, 0) is 25.6 Å². The summed E-state index contributed by atoms with van der Waals surface area (Å²) < 4.78 is 0. The highest BCUT2D eigenvalue weighted by atomic mass is 16.4. The van der Waals surface area contributed by atoms with Crippen LogP contribution in [0.3, 0.4) is 0 Å². The Morgan fingerprint density at radius 1 is 0.872 bits per heavy atom. The number of rotatable bonds is 17. The highest BCUT2D eigenvalue weighted by molar-refractivity contribution is 5.94. The van der Waals surface area contributed by atoms with Crippen molar-refractivity contribution in [2.45, 2.75) is 84.0 Å². The zero-order valence-electron chi connectivity index (χ0n) is 23.4. The van der Waals surface area contributed by atoms with Gasteiger partial charge in [0, 0.05) is 13.0 Å². The minimum Gasteiger partial charge on any atom is -0.480 e. The van der Waals surface area contributed by atoms with E-state index in [2.05, 4.69) is 20.9 Å². The summed E-state index contributed by atoms with van der Waals surface area (Å²) >= 11 is 0. The number of carboxylic acids is 1. The molecule has 0 radical (unpaired) electrons. The summed E-state index contributed by atoms with van der Waals surface area (Å²) in [6.45, 7) is 7.58. The van der Waals surface area contributed by atoms with Crippen LogP contribution in [0.5, 0.6) is 0 Å². The molecule has 12 heteroatoms. The molecule has 0 saturated heterocycles. The fourth-order valence-electron chi connectivity index (χ4n) is 3.87. The number of amides is 3. The number of nitrogens with one attached hydrogen (secondary N) is 3. The lowest BCUT2D eigenvalue weighted by Crippen LogP contribution is -2.59. The van der Waals surface area contributed by atoms with Gasteiger partial charge >= 0.3 is 5.97 Å². The van der Waals surface area contributed by atoms with Gasteiger partial charge in [-0.15, -0.1) is 0 Å². The number of benzene rings is 1. The molecule has 0 spiro atoms. The molecular formula is C27H45N7O5. The second-order valence-corrected chi connectivity index (χ2v) is 9.89. The van der Waals surface area contributed by atoms with Gasteiger partial charge in [-0.1, -0.05) is 70.9 Å². The summed E-state index contributed by atoms with van der Waals surface area (Å²) in [5, 5.41) is 17.7. The summed E-state index contributed by atoms with van der Waals surface area (Å²) in [5.74, 6) is -3.47. The number of carbonyl (C=O) groups is 4. The number of carbonyl (C=O) groups excluding carboxylic acids is 3. The fraction of sp³-hybridized carbons (Fsp3) is 0.593. The highest BCUT2D eigenvalue weighted by Gasteiger charge is 2.33. The predicted octanol–water partition coefficient (Wildman–Crippen LogP) is 0.241. The van der Waals surface area contributed by atoms with Crippen molar-refractivity contribution in [3.05, 3.63) is 35.9 Å². The first-order valence-corrected chi connectivity index (χ1v) is 13.4. The minimum atomic E-state index is -1.15. The quantitative estimate of drug-likeness (QED) is 0.0812. The third-order valence-electron chi connectivity index (χ3n) is 6.79. The molecule has 1 aromatic carbocycles. The number of carboxylic acid groups (broad SMARTS) is 1. The first kappa shape index (κ1) is 33.4. The van der Waals surface area contributed by atoms with Gasteiger partial charge in [0.05, 0.1) is 6.04 Å². The van der Waals surface area contributed by atoms with Crippen molar-refractivity contribution in [3.8, 4) is 0 Å². The van der Waals surface area contributed by atoms with Gasteiger partial charge in [0.1, 0.15) is 18.1 Å². The predicted molar refractivity (Wildman–Crippen MR) is 150 cm³/mol. The van der Waals surface area contributed by atoms with E-state index >= 15 is 0 Å². The summed E-state index contributed by atoms with van der Waals surface area (Å²) in [4.78, 5) is 55.2. The van der Waals surface area contributed by atoms with E-state index in [4.69, 9.17) is 17.2 Å². The molecule has 0 saturated carbocycles. The number of aliphatic carboxylic acids is 1. The van der Waals surface area contributed by atoms with Crippen LogP contribution >= 0.6 is 0 Å². The minimum absolute atomic E-state index is 0.0468. The maximum Gasteiger partial charge on any atom is 0.326 e. The van der Waals surface area contributed by atoms with Crippen molar-refractivity contribution in [2.75, 3.05) is 6.54 Å². The van der Waals surface area contributed by atoms with Crippen molar-refractivity contribution >= 4 is 29.7 Å². The first-order valence-electron chi connectivity index (χ1n) is 13.4. The zero-order chi connectivity index (χ0) is 29.5. The molecule has 12 nitrogen and oxygen atoms in total. The molecule has 1 aromatic rings. The highest BCUT2D eigenvalue weighted by Crippen LogP contribution is 2.12. The molecule has 1 rings (SSSR count). The largest absolute Gasteiger partial charge is 0.480 e. The summed E-state index contributed by atoms with van der Waals surface area (Å²) in [5.41, 5.74) is 17.4. The number of nitrogens with two attached hydrogens (primary N) is 3. The maximum absolute atomic E-state index is 13.4. The Hall–Kier alpha value is -3.67. The Kier molecular flexibility index (Phi) is 14.6. The number of hydrogen-bond acceptors (Lipinski definition) is 6. The lowest BCUT2D eigenvalue weighted by Gasteiger charge is -2.28. The molecule has 6 atom stereocenters. The summed E-state index contributed by atoms with van der Waals surface area (Å²) in [7, 11) is 0. The van der Waals surface area contributed by atoms with Crippen LogP contribution in [0.25, 0.3) is 0 Å². The Morgan fingerprint density at radius 2 is 1.44 bits per heavy atom. The third-order valence-corrected chi connectivity index (χ3v) is 6.79. The lowest BCUT2D eigenvalue weighted by atomic mass is 9.96. The zero-order valence-corrected chi connectivity index (χ0v) is 23.4. The van der Waals surface area contributed by atoms with E-state index in [1.807, 2.05) is 51.1 Å². The first-order chi connectivity index (χ1) is 18.4. The van der Waals surface area contributed by atoms with Crippen molar-refractivity contribution in [3.63, 3.8) is 0 Å². The van der Waals surface area contributed by atoms with E-state index in [0.717, 1.165) is 5.56 Å². The molecule has 3 amide bonds. The number of hydrogen-bond donors (Lipinski definition) is 7. The normalized spacial score (nSPS) is 15.5. The van der Waals surface area contributed by atoms with Crippen LogP contribution in [0.15, 0.2) is 35.3 Å². The third kappa shape index (κ3) is 11.7. The molecule has 6 unspecified atom stereocenters. The van der Waals surface area contributed by atoms with Crippen LogP contribution < -0.4 is 33.2 Å².